The molecule has 0 fully saturated rings. The fourth-order valence-electron chi connectivity index (χ4n) is 1.40. The van der Waals surface area contributed by atoms with Crippen LogP contribution in [-0.4, -0.2) is 18.8 Å². The summed E-state index contributed by atoms with van der Waals surface area (Å²) in [6.07, 6.45) is -4.50. The lowest BCUT2D eigenvalue weighted by molar-refractivity contribution is -0.138. The maximum Gasteiger partial charge on any atom is 0.419 e. The number of halogens is 3. The van der Waals surface area contributed by atoms with E-state index in [9.17, 15) is 13.2 Å². The van der Waals surface area contributed by atoms with Crippen molar-refractivity contribution >= 4 is 0 Å². The minimum absolute atomic E-state index is 0.139. The van der Waals surface area contributed by atoms with E-state index in [-0.39, 0.29) is 11.3 Å². The Morgan fingerprint density at radius 2 is 2.06 bits per heavy atom. The van der Waals surface area contributed by atoms with Crippen molar-refractivity contribution in [2.45, 2.75) is 12.2 Å². The standard InChI is InChI=1S/C10H12F3NO2/c1-16-9-6(8(14)5-15)3-2-4-7(9)10(11,12)13/h2-4,8,15H,5,14H2,1H3/t8-/m1/s1. The molecule has 1 aromatic carbocycles. The lowest BCUT2D eigenvalue weighted by Gasteiger charge is -2.18. The second kappa shape index (κ2) is 4.71. The SMILES string of the molecule is COc1c([C@H](N)CO)cccc1C(F)(F)F. The van der Waals surface area contributed by atoms with Gasteiger partial charge >= 0.3 is 6.18 Å². The van der Waals surface area contributed by atoms with Gasteiger partial charge in [-0.3, -0.25) is 0 Å². The molecule has 0 aliphatic heterocycles. The van der Waals surface area contributed by atoms with E-state index >= 15 is 0 Å². The van der Waals surface area contributed by atoms with Crippen LogP contribution in [0.2, 0.25) is 0 Å². The molecule has 1 rings (SSSR count). The number of para-hydroxylation sites is 1. The average molecular weight is 235 g/mol. The van der Waals surface area contributed by atoms with Crippen LogP contribution >= 0.6 is 0 Å². The molecule has 0 aliphatic rings. The molecule has 3 nitrogen and oxygen atoms in total. The molecule has 16 heavy (non-hydrogen) atoms. The van der Waals surface area contributed by atoms with Crippen LogP contribution in [0.1, 0.15) is 17.2 Å². The highest BCUT2D eigenvalue weighted by Gasteiger charge is 2.35. The minimum atomic E-state index is -4.50. The Morgan fingerprint density at radius 3 is 2.50 bits per heavy atom. The number of hydrogen-bond donors (Lipinski definition) is 2. The van der Waals surface area contributed by atoms with Gasteiger partial charge < -0.3 is 15.6 Å². The third kappa shape index (κ3) is 2.45. The average Bonchev–Trinajstić information content (AvgIpc) is 2.25. The van der Waals surface area contributed by atoms with Crippen LogP contribution in [0.3, 0.4) is 0 Å². The summed E-state index contributed by atoms with van der Waals surface area (Å²) in [5.41, 5.74) is 4.73. The van der Waals surface area contributed by atoms with Crippen LogP contribution in [0.4, 0.5) is 13.2 Å². The van der Waals surface area contributed by atoms with Gasteiger partial charge in [0.1, 0.15) is 5.75 Å². The summed E-state index contributed by atoms with van der Waals surface area (Å²) < 4.78 is 42.5. The first-order chi connectivity index (χ1) is 7.41. The molecule has 0 heterocycles. The zero-order valence-electron chi connectivity index (χ0n) is 8.58. The van der Waals surface area contributed by atoms with Gasteiger partial charge in [0, 0.05) is 5.56 Å². The van der Waals surface area contributed by atoms with Crippen molar-refractivity contribution in [3.63, 3.8) is 0 Å². The summed E-state index contributed by atoms with van der Waals surface area (Å²) in [4.78, 5) is 0. The van der Waals surface area contributed by atoms with Crippen LogP contribution in [-0.2, 0) is 6.18 Å². The molecule has 0 spiro atoms. The van der Waals surface area contributed by atoms with Gasteiger partial charge in [-0.1, -0.05) is 12.1 Å². The molecule has 0 saturated heterocycles. The Labute approximate surface area is 90.6 Å². The molecule has 0 amide bonds. The smallest absolute Gasteiger partial charge is 0.419 e. The zero-order chi connectivity index (χ0) is 12.3. The number of ether oxygens (including phenoxy) is 1. The number of hydrogen-bond acceptors (Lipinski definition) is 3. The van der Waals surface area contributed by atoms with Gasteiger partial charge in [0.25, 0.3) is 0 Å². The van der Waals surface area contributed by atoms with E-state index in [0.29, 0.717) is 0 Å². The Bertz CT molecular complexity index is 366. The van der Waals surface area contributed by atoms with Crippen LogP contribution < -0.4 is 10.5 Å². The Balaban J connectivity index is 3.32. The molecular weight excluding hydrogens is 223 g/mol. The molecule has 0 aromatic heterocycles. The first-order valence-electron chi connectivity index (χ1n) is 4.52. The number of aliphatic hydroxyl groups is 1. The number of aliphatic hydroxyl groups excluding tert-OH is 1. The van der Waals surface area contributed by atoms with Crippen molar-refractivity contribution in [3.05, 3.63) is 29.3 Å². The largest absolute Gasteiger partial charge is 0.496 e. The Kier molecular flexibility index (Phi) is 3.77. The molecule has 3 N–H and O–H groups in total. The molecule has 6 heteroatoms. The fraction of sp³-hybridized carbons (Fsp3) is 0.400. The van der Waals surface area contributed by atoms with Crippen LogP contribution in [0.25, 0.3) is 0 Å². The summed E-state index contributed by atoms with van der Waals surface area (Å²) in [6, 6.07) is 2.65. The minimum Gasteiger partial charge on any atom is -0.496 e. The molecule has 1 aromatic rings. The Hall–Kier alpha value is -1.27. The highest BCUT2D eigenvalue weighted by molar-refractivity contribution is 5.44. The summed E-state index contributed by atoms with van der Waals surface area (Å²) in [7, 11) is 1.14. The molecule has 0 radical (unpaired) electrons. The second-order valence-corrected chi connectivity index (χ2v) is 3.21. The first kappa shape index (κ1) is 12.8. The normalized spacial score (nSPS) is 13.6. The van der Waals surface area contributed by atoms with Gasteiger partial charge in [-0.15, -0.1) is 0 Å². The van der Waals surface area contributed by atoms with Gasteiger partial charge in [-0.05, 0) is 6.07 Å². The highest BCUT2D eigenvalue weighted by atomic mass is 19.4. The number of alkyl halides is 3. The number of rotatable bonds is 3. The first-order valence-corrected chi connectivity index (χ1v) is 4.52. The van der Waals surface area contributed by atoms with Crippen molar-refractivity contribution in [1.82, 2.24) is 0 Å². The van der Waals surface area contributed by atoms with Crippen molar-refractivity contribution in [1.29, 1.82) is 0 Å². The second-order valence-electron chi connectivity index (χ2n) is 3.21. The van der Waals surface area contributed by atoms with Gasteiger partial charge in [-0.25, -0.2) is 0 Å². The van der Waals surface area contributed by atoms with Gasteiger partial charge in [0.2, 0.25) is 0 Å². The van der Waals surface area contributed by atoms with Crippen molar-refractivity contribution in [2.24, 2.45) is 5.73 Å². The van der Waals surface area contributed by atoms with Crippen molar-refractivity contribution in [2.75, 3.05) is 13.7 Å². The summed E-state index contributed by atoms with van der Waals surface area (Å²) in [5.74, 6) is -0.337. The van der Waals surface area contributed by atoms with E-state index in [0.717, 1.165) is 13.2 Å². The number of nitrogens with two attached hydrogens (primary N) is 1. The molecule has 0 bridgehead atoms. The third-order valence-corrected chi connectivity index (χ3v) is 2.15. The third-order valence-electron chi connectivity index (χ3n) is 2.15. The van der Waals surface area contributed by atoms with Gasteiger partial charge in [-0.2, -0.15) is 13.2 Å². The maximum atomic E-state index is 12.6. The quantitative estimate of drug-likeness (QED) is 0.838. The summed E-state index contributed by atoms with van der Waals surface area (Å²) in [5, 5.41) is 8.84. The van der Waals surface area contributed by atoms with Gasteiger partial charge in [0.05, 0.1) is 25.3 Å². The van der Waals surface area contributed by atoms with E-state index in [1.54, 1.807) is 0 Å². The topological polar surface area (TPSA) is 55.5 Å². The predicted molar refractivity (Wildman–Crippen MR) is 52.0 cm³/mol. The monoisotopic (exact) mass is 235 g/mol. The number of methoxy groups -OCH3 is 1. The molecule has 90 valence electrons. The lowest BCUT2D eigenvalue weighted by atomic mass is 10.0. The van der Waals surface area contributed by atoms with E-state index < -0.39 is 24.4 Å². The van der Waals surface area contributed by atoms with E-state index in [4.69, 9.17) is 15.6 Å². The molecule has 0 aliphatic carbocycles. The van der Waals surface area contributed by atoms with Crippen LogP contribution in [0.5, 0.6) is 5.75 Å². The fourth-order valence-corrected chi connectivity index (χ4v) is 1.40. The summed E-state index contributed by atoms with van der Waals surface area (Å²) in [6.45, 7) is -0.447. The van der Waals surface area contributed by atoms with Crippen LogP contribution in [0, 0.1) is 0 Å². The molecular formula is C10H12F3NO2. The van der Waals surface area contributed by atoms with Gasteiger partial charge in [0.15, 0.2) is 0 Å². The lowest BCUT2D eigenvalue weighted by Crippen LogP contribution is -2.18. The van der Waals surface area contributed by atoms with E-state index in [1.807, 2.05) is 0 Å². The van der Waals surface area contributed by atoms with Crippen molar-refractivity contribution < 1.29 is 23.0 Å². The Morgan fingerprint density at radius 1 is 1.44 bits per heavy atom. The molecule has 0 unspecified atom stereocenters. The van der Waals surface area contributed by atoms with E-state index in [1.165, 1.54) is 12.1 Å². The van der Waals surface area contributed by atoms with Crippen LogP contribution in [0.15, 0.2) is 18.2 Å². The molecule has 0 saturated carbocycles. The zero-order valence-corrected chi connectivity index (χ0v) is 8.58. The van der Waals surface area contributed by atoms with E-state index in [2.05, 4.69) is 0 Å². The molecule has 1 atom stereocenters. The summed E-state index contributed by atoms with van der Waals surface area (Å²) >= 11 is 0. The maximum absolute atomic E-state index is 12.6. The number of benzene rings is 1. The predicted octanol–water partition coefficient (Wildman–Crippen LogP) is 1.71. The highest BCUT2D eigenvalue weighted by Crippen LogP contribution is 2.39. The van der Waals surface area contributed by atoms with Crippen molar-refractivity contribution in [3.8, 4) is 5.75 Å².